The highest BCUT2D eigenvalue weighted by Gasteiger charge is 2.18. The van der Waals surface area contributed by atoms with Crippen molar-refractivity contribution in [3.8, 4) is 0 Å². The summed E-state index contributed by atoms with van der Waals surface area (Å²) in [5.74, 6) is -0.944. The average molecular weight is 316 g/mol. The van der Waals surface area contributed by atoms with Gasteiger partial charge < -0.3 is 5.32 Å². The molecule has 20 heavy (non-hydrogen) atoms. The first-order valence-corrected chi connectivity index (χ1v) is 6.83. The van der Waals surface area contributed by atoms with E-state index in [1.165, 1.54) is 6.07 Å². The molecule has 2 aromatic rings. The molecular weight excluding hydrogens is 303 g/mol. The zero-order valence-electron chi connectivity index (χ0n) is 10.8. The summed E-state index contributed by atoms with van der Waals surface area (Å²) < 4.78 is 27.1. The van der Waals surface area contributed by atoms with Crippen molar-refractivity contribution in [3.05, 3.63) is 69.2 Å². The van der Waals surface area contributed by atoms with Crippen molar-refractivity contribution in [2.24, 2.45) is 0 Å². The molecule has 1 N–H and O–H groups in total. The molecule has 0 amide bonds. The smallest absolute Gasteiger partial charge is 0.128 e. The highest BCUT2D eigenvalue weighted by molar-refractivity contribution is 6.36. The SMILES string of the molecule is CNC(Cc1c(Cl)cccc1Cl)c1cc(F)ccc1F. The summed E-state index contributed by atoms with van der Waals surface area (Å²) in [7, 11) is 1.68. The molecule has 0 aliphatic heterocycles. The van der Waals surface area contributed by atoms with Gasteiger partial charge in [0, 0.05) is 21.7 Å². The molecule has 0 aliphatic rings. The summed E-state index contributed by atoms with van der Waals surface area (Å²) in [5.41, 5.74) is 0.960. The first-order chi connectivity index (χ1) is 9.52. The highest BCUT2D eigenvalue weighted by Crippen LogP contribution is 2.30. The Balaban J connectivity index is 2.36. The quantitative estimate of drug-likeness (QED) is 0.856. The molecule has 0 aromatic heterocycles. The van der Waals surface area contributed by atoms with E-state index in [9.17, 15) is 8.78 Å². The Hall–Kier alpha value is -1.16. The third kappa shape index (κ3) is 3.29. The van der Waals surface area contributed by atoms with Crippen LogP contribution in [0.1, 0.15) is 17.2 Å². The number of rotatable bonds is 4. The Morgan fingerprint density at radius 2 is 1.75 bits per heavy atom. The molecule has 1 unspecified atom stereocenters. The van der Waals surface area contributed by atoms with Crippen molar-refractivity contribution in [1.82, 2.24) is 5.32 Å². The second-order valence-corrected chi connectivity index (χ2v) is 5.23. The monoisotopic (exact) mass is 315 g/mol. The normalized spacial score (nSPS) is 12.4. The van der Waals surface area contributed by atoms with Gasteiger partial charge in [-0.2, -0.15) is 0 Å². The molecule has 0 spiro atoms. The number of halogens is 4. The first-order valence-electron chi connectivity index (χ1n) is 6.08. The lowest BCUT2D eigenvalue weighted by molar-refractivity contribution is 0.523. The van der Waals surface area contributed by atoms with Gasteiger partial charge in [0.2, 0.25) is 0 Å². The Labute approximate surface area is 126 Å². The molecule has 1 atom stereocenters. The summed E-state index contributed by atoms with van der Waals surface area (Å²) in [6, 6.07) is 8.15. The van der Waals surface area contributed by atoms with E-state index in [0.29, 0.717) is 22.0 Å². The lowest BCUT2D eigenvalue weighted by Gasteiger charge is -2.19. The van der Waals surface area contributed by atoms with Gasteiger partial charge in [-0.1, -0.05) is 29.3 Å². The molecule has 2 rings (SSSR count). The van der Waals surface area contributed by atoms with E-state index in [-0.39, 0.29) is 5.56 Å². The number of nitrogens with one attached hydrogen (secondary N) is 1. The molecule has 0 saturated heterocycles. The van der Waals surface area contributed by atoms with Gasteiger partial charge >= 0.3 is 0 Å². The fourth-order valence-corrected chi connectivity index (χ4v) is 2.63. The minimum Gasteiger partial charge on any atom is -0.313 e. The zero-order valence-corrected chi connectivity index (χ0v) is 12.3. The fourth-order valence-electron chi connectivity index (χ4n) is 2.08. The van der Waals surface area contributed by atoms with E-state index in [2.05, 4.69) is 5.32 Å². The third-order valence-corrected chi connectivity index (χ3v) is 3.86. The van der Waals surface area contributed by atoms with E-state index in [4.69, 9.17) is 23.2 Å². The Morgan fingerprint density at radius 1 is 1.10 bits per heavy atom. The fraction of sp³-hybridized carbons (Fsp3) is 0.200. The number of hydrogen-bond acceptors (Lipinski definition) is 1. The van der Waals surface area contributed by atoms with Gasteiger partial charge in [0.25, 0.3) is 0 Å². The van der Waals surface area contributed by atoms with Crippen LogP contribution >= 0.6 is 23.2 Å². The van der Waals surface area contributed by atoms with Crippen molar-refractivity contribution < 1.29 is 8.78 Å². The van der Waals surface area contributed by atoms with Crippen LogP contribution in [0.3, 0.4) is 0 Å². The van der Waals surface area contributed by atoms with E-state index < -0.39 is 17.7 Å². The molecule has 0 bridgehead atoms. The Kier molecular flexibility index (Phi) is 4.97. The number of likely N-dealkylation sites (N-methyl/N-ethyl adjacent to an activating group) is 1. The van der Waals surface area contributed by atoms with Crippen LogP contribution in [-0.4, -0.2) is 7.05 Å². The van der Waals surface area contributed by atoms with Gasteiger partial charge in [0.1, 0.15) is 11.6 Å². The standard InChI is InChI=1S/C15H13Cl2F2N/c1-20-15(11-7-9(18)5-6-14(11)19)8-10-12(16)3-2-4-13(10)17/h2-7,15,20H,8H2,1H3. The van der Waals surface area contributed by atoms with Gasteiger partial charge in [0.05, 0.1) is 0 Å². The molecule has 0 heterocycles. The molecule has 0 fully saturated rings. The summed E-state index contributed by atoms with van der Waals surface area (Å²) in [4.78, 5) is 0. The van der Waals surface area contributed by atoms with Crippen LogP contribution < -0.4 is 5.32 Å². The van der Waals surface area contributed by atoms with E-state index in [1.807, 2.05) is 0 Å². The highest BCUT2D eigenvalue weighted by atomic mass is 35.5. The maximum Gasteiger partial charge on any atom is 0.128 e. The molecule has 106 valence electrons. The van der Waals surface area contributed by atoms with Crippen molar-refractivity contribution in [2.75, 3.05) is 7.05 Å². The van der Waals surface area contributed by atoms with Crippen LogP contribution in [0.5, 0.6) is 0 Å². The Morgan fingerprint density at radius 3 is 2.35 bits per heavy atom. The maximum atomic E-state index is 13.8. The largest absolute Gasteiger partial charge is 0.313 e. The molecule has 1 nitrogen and oxygen atoms in total. The number of hydrogen-bond donors (Lipinski definition) is 1. The van der Waals surface area contributed by atoms with Crippen LogP contribution in [0, 0.1) is 11.6 Å². The summed E-state index contributed by atoms with van der Waals surface area (Å²) in [6.07, 6.45) is 0.370. The Bertz CT molecular complexity index is 597. The minimum atomic E-state index is -0.480. The molecular formula is C15H13Cl2F2N. The number of benzene rings is 2. The van der Waals surface area contributed by atoms with Gasteiger partial charge in [-0.15, -0.1) is 0 Å². The molecule has 2 aromatic carbocycles. The zero-order chi connectivity index (χ0) is 14.7. The van der Waals surface area contributed by atoms with Crippen LogP contribution in [0.15, 0.2) is 36.4 Å². The molecule has 0 saturated carbocycles. The van der Waals surface area contributed by atoms with Gasteiger partial charge in [-0.05, 0) is 49.4 Å². The minimum absolute atomic E-state index is 0.253. The predicted molar refractivity (Wildman–Crippen MR) is 78.3 cm³/mol. The van der Waals surface area contributed by atoms with Crippen molar-refractivity contribution in [3.63, 3.8) is 0 Å². The topological polar surface area (TPSA) is 12.0 Å². The van der Waals surface area contributed by atoms with E-state index >= 15 is 0 Å². The summed E-state index contributed by atoms with van der Waals surface area (Å²) in [6.45, 7) is 0. The average Bonchev–Trinajstić information content (AvgIpc) is 2.42. The van der Waals surface area contributed by atoms with E-state index in [1.54, 1.807) is 25.2 Å². The molecule has 0 aliphatic carbocycles. The van der Waals surface area contributed by atoms with Crippen molar-refractivity contribution >= 4 is 23.2 Å². The van der Waals surface area contributed by atoms with Crippen LogP contribution in [-0.2, 0) is 6.42 Å². The lowest BCUT2D eigenvalue weighted by atomic mass is 9.98. The molecule has 0 radical (unpaired) electrons. The molecule has 5 heteroatoms. The van der Waals surface area contributed by atoms with Crippen molar-refractivity contribution in [2.45, 2.75) is 12.5 Å². The van der Waals surface area contributed by atoms with Gasteiger partial charge in [0.15, 0.2) is 0 Å². The second-order valence-electron chi connectivity index (χ2n) is 4.41. The summed E-state index contributed by atoms with van der Waals surface area (Å²) >= 11 is 12.2. The predicted octanol–water partition coefficient (Wildman–Crippen LogP) is 4.77. The van der Waals surface area contributed by atoms with Crippen LogP contribution in [0.25, 0.3) is 0 Å². The van der Waals surface area contributed by atoms with Gasteiger partial charge in [-0.25, -0.2) is 8.78 Å². The van der Waals surface area contributed by atoms with Gasteiger partial charge in [-0.3, -0.25) is 0 Å². The third-order valence-electron chi connectivity index (χ3n) is 3.15. The van der Waals surface area contributed by atoms with Crippen molar-refractivity contribution in [1.29, 1.82) is 0 Å². The van der Waals surface area contributed by atoms with Crippen LogP contribution in [0.2, 0.25) is 10.0 Å². The second kappa shape index (κ2) is 6.53. The van der Waals surface area contributed by atoms with E-state index in [0.717, 1.165) is 12.1 Å². The lowest BCUT2D eigenvalue weighted by Crippen LogP contribution is -2.20. The van der Waals surface area contributed by atoms with Crippen LogP contribution in [0.4, 0.5) is 8.78 Å². The maximum absolute atomic E-state index is 13.8. The summed E-state index contributed by atoms with van der Waals surface area (Å²) in [5, 5.41) is 3.98. The first kappa shape index (κ1) is 15.2.